The fourth-order valence-corrected chi connectivity index (χ4v) is 4.74. The number of sulfone groups is 1. The van der Waals surface area contributed by atoms with Crippen molar-refractivity contribution in [2.45, 2.75) is 37.1 Å². The Morgan fingerprint density at radius 2 is 1.96 bits per heavy atom. The van der Waals surface area contributed by atoms with Gasteiger partial charge in [-0.05, 0) is 30.9 Å². The number of rotatable bonds is 5. The van der Waals surface area contributed by atoms with Gasteiger partial charge in [-0.1, -0.05) is 6.92 Å². The predicted molar refractivity (Wildman–Crippen MR) is 104 cm³/mol. The molecule has 0 aromatic heterocycles. The van der Waals surface area contributed by atoms with E-state index in [1.54, 1.807) is 11.0 Å². The molecule has 152 valence electrons. The van der Waals surface area contributed by atoms with Crippen molar-refractivity contribution in [3.63, 3.8) is 0 Å². The van der Waals surface area contributed by atoms with Gasteiger partial charge in [-0.25, -0.2) is 8.42 Å². The van der Waals surface area contributed by atoms with Gasteiger partial charge in [0, 0.05) is 31.6 Å². The van der Waals surface area contributed by atoms with E-state index in [-0.39, 0.29) is 41.4 Å². The van der Waals surface area contributed by atoms with Crippen LogP contribution in [-0.2, 0) is 14.6 Å². The van der Waals surface area contributed by atoms with Crippen molar-refractivity contribution in [2.75, 3.05) is 32.1 Å². The number of likely N-dealkylation sites (tertiary alicyclic amines) is 1. The Hall–Kier alpha value is -1.51. The SMILES string of the molecule is CC1CCN(C(=O)CCS(=O)(=O)c2ccc3c(c2)OCCO3)C(CN)C1.Cl. The molecule has 2 aliphatic heterocycles. The highest BCUT2D eigenvalue weighted by Gasteiger charge is 2.30. The molecular weight excluding hydrogens is 392 g/mol. The number of halogens is 1. The van der Waals surface area contributed by atoms with Crippen molar-refractivity contribution in [1.29, 1.82) is 0 Å². The van der Waals surface area contributed by atoms with E-state index in [2.05, 4.69) is 6.92 Å². The fourth-order valence-electron chi connectivity index (χ4n) is 3.50. The van der Waals surface area contributed by atoms with Crippen molar-refractivity contribution >= 4 is 28.2 Å². The van der Waals surface area contributed by atoms with Crippen molar-refractivity contribution in [2.24, 2.45) is 11.7 Å². The number of piperidine rings is 1. The van der Waals surface area contributed by atoms with E-state index >= 15 is 0 Å². The summed E-state index contributed by atoms with van der Waals surface area (Å²) in [5.41, 5.74) is 5.79. The fraction of sp³-hybridized carbons (Fsp3) is 0.611. The number of benzene rings is 1. The Balaban J connectivity index is 0.00000261. The zero-order chi connectivity index (χ0) is 18.7. The molecule has 2 atom stereocenters. The molecule has 1 aromatic rings. The summed E-state index contributed by atoms with van der Waals surface area (Å²) in [6.45, 7) is 4.04. The maximum atomic E-state index is 12.6. The van der Waals surface area contributed by atoms with Crippen LogP contribution in [0.2, 0.25) is 0 Å². The summed E-state index contributed by atoms with van der Waals surface area (Å²) in [6.07, 6.45) is 1.76. The monoisotopic (exact) mass is 418 g/mol. The number of hydrogen-bond acceptors (Lipinski definition) is 6. The highest BCUT2D eigenvalue weighted by atomic mass is 35.5. The van der Waals surface area contributed by atoms with Crippen LogP contribution in [0.25, 0.3) is 0 Å². The number of carbonyl (C=O) groups excluding carboxylic acids is 1. The quantitative estimate of drug-likeness (QED) is 0.780. The van der Waals surface area contributed by atoms with Gasteiger partial charge in [0.25, 0.3) is 0 Å². The first-order valence-corrected chi connectivity index (χ1v) is 10.7. The highest BCUT2D eigenvalue weighted by Crippen LogP contribution is 2.32. The Morgan fingerprint density at radius 1 is 1.26 bits per heavy atom. The molecule has 7 nitrogen and oxygen atoms in total. The van der Waals surface area contributed by atoms with Gasteiger partial charge in [0.1, 0.15) is 13.2 Å². The van der Waals surface area contributed by atoms with E-state index < -0.39 is 9.84 Å². The van der Waals surface area contributed by atoms with Crippen LogP contribution in [0.4, 0.5) is 0 Å². The van der Waals surface area contributed by atoms with Crippen molar-refractivity contribution in [3.05, 3.63) is 18.2 Å². The summed E-state index contributed by atoms with van der Waals surface area (Å²) in [4.78, 5) is 14.4. The lowest BCUT2D eigenvalue weighted by Gasteiger charge is -2.38. The van der Waals surface area contributed by atoms with Crippen molar-refractivity contribution < 1.29 is 22.7 Å². The minimum Gasteiger partial charge on any atom is -0.486 e. The molecular formula is C18H27ClN2O5S. The number of nitrogens with zero attached hydrogens (tertiary/aromatic N) is 1. The minimum absolute atomic E-state index is 0. The molecule has 2 heterocycles. The first-order chi connectivity index (χ1) is 12.4. The van der Waals surface area contributed by atoms with E-state index in [0.717, 1.165) is 12.8 Å². The van der Waals surface area contributed by atoms with Crippen LogP contribution < -0.4 is 15.2 Å². The average Bonchev–Trinajstić information content (AvgIpc) is 2.65. The summed E-state index contributed by atoms with van der Waals surface area (Å²) >= 11 is 0. The Morgan fingerprint density at radius 3 is 2.67 bits per heavy atom. The van der Waals surface area contributed by atoms with Gasteiger partial charge in [0.05, 0.1) is 10.6 Å². The molecule has 3 rings (SSSR count). The smallest absolute Gasteiger partial charge is 0.223 e. The molecule has 0 saturated carbocycles. The second-order valence-electron chi connectivity index (χ2n) is 6.98. The minimum atomic E-state index is -3.58. The maximum absolute atomic E-state index is 12.6. The molecule has 0 aliphatic carbocycles. The first-order valence-electron chi connectivity index (χ1n) is 9.02. The summed E-state index contributed by atoms with van der Waals surface area (Å²) in [5, 5.41) is 0. The van der Waals surface area contributed by atoms with Crippen LogP contribution in [-0.4, -0.2) is 57.3 Å². The highest BCUT2D eigenvalue weighted by molar-refractivity contribution is 7.91. The average molecular weight is 419 g/mol. The number of amides is 1. The first kappa shape index (κ1) is 21.8. The van der Waals surface area contributed by atoms with Gasteiger partial charge in [-0.2, -0.15) is 0 Å². The van der Waals surface area contributed by atoms with Crippen LogP contribution in [0.5, 0.6) is 11.5 Å². The molecule has 1 aromatic carbocycles. The van der Waals surface area contributed by atoms with Gasteiger partial charge in [-0.15, -0.1) is 12.4 Å². The molecule has 2 unspecified atom stereocenters. The molecule has 1 saturated heterocycles. The van der Waals surface area contributed by atoms with E-state index in [1.165, 1.54) is 12.1 Å². The third kappa shape index (κ3) is 5.06. The lowest BCUT2D eigenvalue weighted by molar-refractivity contribution is -0.134. The van der Waals surface area contributed by atoms with E-state index in [1.807, 2.05) is 0 Å². The van der Waals surface area contributed by atoms with E-state index in [4.69, 9.17) is 15.2 Å². The van der Waals surface area contributed by atoms with Crippen molar-refractivity contribution in [1.82, 2.24) is 4.90 Å². The molecule has 27 heavy (non-hydrogen) atoms. The Kier molecular flexibility index (Phi) is 7.36. The molecule has 0 bridgehead atoms. The van der Waals surface area contributed by atoms with E-state index in [9.17, 15) is 13.2 Å². The lowest BCUT2D eigenvalue weighted by atomic mass is 9.92. The molecule has 9 heteroatoms. The molecule has 0 spiro atoms. The molecule has 0 radical (unpaired) electrons. The summed E-state index contributed by atoms with van der Waals surface area (Å²) in [5.74, 6) is 1.13. The van der Waals surface area contributed by atoms with Crippen LogP contribution in [0.1, 0.15) is 26.2 Å². The molecule has 2 N–H and O–H groups in total. The number of hydrogen-bond donors (Lipinski definition) is 1. The number of carbonyl (C=O) groups is 1. The summed E-state index contributed by atoms with van der Waals surface area (Å²) in [7, 11) is -3.58. The molecule has 1 amide bonds. The molecule has 2 aliphatic rings. The second-order valence-corrected chi connectivity index (χ2v) is 9.09. The van der Waals surface area contributed by atoms with Gasteiger partial charge in [0.15, 0.2) is 21.3 Å². The Bertz CT molecular complexity index is 771. The third-order valence-electron chi connectivity index (χ3n) is 5.03. The zero-order valence-corrected chi connectivity index (χ0v) is 17.1. The van der Waals surface area contributed by atoms with Crippen LogP contribution in [0, 0.1) is 5.92 Å². The molecule has 1 fully saturated rings. The normalized spacial score (nSPS) is 22.1. The number of ether oxygens (including phenoxy) is 2. The predicted octanol–water partition coefficient (Wildman–Crippen LogP) is 1.63. The van der Waals surface area contributed by atoms with Crippen LogP contribution in [0.15, 0.2) is 23.1 Å². The second kappa shape index (κ2) is 9.12. The van der Waals surface area contributed by atoms with E-state index in [0.29, 0.717) is 43.7 Å². The largest absolute Gasteiger partial charge is 0.486 e. The topological polar surface area (TPSA) is 98.9 Å². The Labute approximate surface area is 166 Å². The summed E-state index contributed by atoms with van der Waals surface area (Å²) < 4.78 is 36.1. The van der Waals surface area contributed by atoms with Gasteiger partial charge in [0.2, 0.25) is 5.91 Å². The van der Waals surface area contributed by atoms with Crippen molar-refractivity contribution in [3.8, 4) is 11.5 Å². The van der Waals surface area contributed by atoms with Gasteiger partial charge < -0.3 is 20.1 Å². The van der Waals surface area contributed by atoms with Gasteiger partial charge in [-0.3, -0.25) is 4.79 Å². The zero-order valence-electron chi connectivity index (χ0n) is 15.4. The summed E-state index contributed by atoms with van der Waals surface area (Å²) in [6, 6.07) is 4.57. The third-order valence-corrected chi connectivity index (χ3v) is 6.74. The number of nitrogens with two attached hydrogens (primary N) is 1. The van der Waals surface area contributed by atoms with Crippen LogP contribution in [0.3, 0.4) is 0 Å². The van der Waals surface area contributed by atoms with Gasteiger partial charge >= 0.3 is 0 Å². The number of fused-ring (bicyclic) bond motifs is 1. The van der Waals surface area contributed by atoms with Crippen LogP contribution >= 0.6 is 12.4 Å². The maximum Gasteiger partial charge on any atom is 0.223 e. The standard InChI is InChI=1S/C18H26N2O5S.ClH/c1-13-4-6-20(14(10-13)12-19)18(21)5-9-26(22,23)15-2-3-16-17(11-15)25-8-7-24-16;/h2-3,11,13-14H,4-10,12,19H2,1H3;1H. The lowest BCUT2D eigenvalue weighted by Crippen LogP contribution is -2.49.